The average Bonchev–Trinajstić information content (AvgIpc) is 3.54. The summed E-state index contributed by atoms with van der Waals surface area (Å²) in [5, 5.41) is 6.17. The summed E-state index contributed by atoms with van der Waals surface area (Å²) in [5.41, 5.74) is 7.28. The molecule has 0 radical (unpaired) electrons. The first-order valence-electron chi connectivity index (χ1n) is 12.0. The van der Waals surface area contributed by atoms with Gasteiger partial charge >= 0.3 is 0 Å². The van der Waals surface area contributed by atoms with Gasteiger partial charge in [-0.05, 0) is 78.2 Å². The minimum atomic E-state index is 1.17. The second-order valence-electron chi connectivity index (χ2n) is 9.03. The van der Waals surface area contributed by atoms with E-state index in [9.17, 15) is 0 Å². The molecule has 2 aromatic heterocycles. The molecular weight excluding hydrogens is 477 g/mol. The Morgan fingerprint density at radius 1 is 0.500 bits per heavy atom. The molecule has 0 N–H and O–H groups in total. The number of thiophene rings is 1. The third-order valence-corrected chi connectivity index (χ3v) is 9.08. The van der Waals surface area contributed by atoms with Crippen molar-refractivity contribution in [1.29, 1.82) is 0 Å². The first-order chi connectivity index (χ1) is 17.9. The average molecular weight is 497 g/mol. The van der Waals surface area contributed by atoms with Crippen molar-refractivity contribution in [2.24, 2.45) is 0 Å². The lowest BCUT2D eigenvalue weighted by molar-refractivity contribution is 1.15. The fourth-order valence-electron chi connectivity index (χ4n) is 5.52. The Bertz CT molecular complexity index is 1880. The molecule has 0 saturated carbocycles. The molecule has 0 atom stereocenters. The van der Waals surface area contributed by atoms with E-state index in [2.05, 4.69) is 130 Å². The third-order valence-electron chi connectivity index (χ3n) is 7.07. The molecule has 170 valence electrons. The van der Waals surface area contributed by atoms with Gasteiger partial charge in [-0.25, -0.2) is 0 Å². The van der Waals surface area contributed by atoms with Crippen molar-refractivity contribution in [1.82, 2.24) is 4.57 Å². The van der Waals surface area contributed by atoms with Gasteiger partial charge in [0.25, 0.3) is 0 Å². The molecule has 0 aliphatic carbocycles. The fraction of sp³-hybridized carbons (Fsp3) is 0. The fourth-order valence-corrected chi connectivity index (χ4v) is 7.38. The maximum absolute atomic E-state index is 2.40. The molecule has 7 aromatic rings. The smallest absolute Gasteiger partial charge is 0.0601 e. The predicted octanol–water partition coefficient (Wildman–Crippen LogP) is 9.93. The Morgan fingerprint density at radius 2 is 1.17 bits per heavy atom. The predicted molar refractivity (Wildman–Crippen MR) is 155 cm³/mol. The molecule has 1 aliphatic rings. The van der Waals surface area contributed by atoms with Crippen LogP contribution in [0.15, 0.2) is 130 Å². The van der Waals surface area contributed by atoms with Gasteiger partial charge in [0.05, 0.1) is 22.4 Å². The molecule has 2 nitrogen and oxygen atoms in total. The highest BCUT2D eigenvalue weighted by atomic mass is 32.2. The molecule has 0 fully saturated rings. The van der Waals surface area contributed by atoms with Gasteiger partial charge in [-0.3, -0.25) is 0 Å². The number of aromatic nitrogens is 1. The summed E-state index contributed by atoms with van der Waals surface area (Å²) >= 11 is 3.65. The van der Waals surface area contributed by atoms with Crippen molar-refractivity contribution >= 4 is 72.1 Å². The lowest BCUT2D eigenvalue weighted by Gasteiger charge is -2.32. The quantitative estimate of drug-likeness (QED) is 0.235. The Hall–Kier alpha value is -3.99. The first-order valence-corrected chi connectivity index (χ1v) is 13.7. The van der Waals surface area contributed by atoms with Crippen LogP contribution in [-0.2, 0) is 0 Å². The van der Waals surface area contributed by atoms with Gasteiger partial charge in [-0.1, -0.05) is 54.2 Å². The van der Waals surface area contributed by atoms with Gasteiger partial charge in [0.2, 0.25) is 0 Å². The molecule has 4 heteroatoms. The molecule has 0 spiro atoms. The van der Waals surface area contributed by atoms with Crippen molar-refractivity contribution in [3.63, 3.8) is 0 Å². The van der Waals surface area contributed by atoms with Crippen molar-refractivity contribution in [3.8, 4) is 5.69 Å². The van der Waals surface area contributed by atoms with Crippen LogP contribution in [0, 0.1) is 0 Å². The summed E-state index contributed by atoms with van der Waals surface area (Å²) in [4.78, 5) is 4.94. The summed E-state index contributed by atoms with van der Waals surface area (Å²) in [7, 11) is 0. The van der Waals surface area contributed by atoms with Gasteiger partial charge in [0.1, 0.15) is 0 Å². The van der Waals surface area contributed by atoms with Gasteiger partial charge in [0.15, 0.2) is 0 Å². The highest BCUT2D eigenvalue weighted by molar-refractivity contribution is 7.99. The van der Waals surface area contributed by atoms with Crippen LogP contribution in [0.4, 0.5) is 17.1 Å². The Kier molecular flexibility index (Phi) is 4.36. The Labute approximate surface area is 217 Å². The van der Waals surface area contributed by atoms with Crippen LogP contribution in [0.2, 0.25) is 0 Å². The number of hydrogen-bond acceptors (Lipinski definition) is 3. The molecule has 36 heavy (non-hydrogen) atoms. The van der Waals surface area contributed by atoms with Crippen LogP contribution >= 0.6 is 23.1 Å². The lowest BCUT2D eigenvalue weighted by atomic mass is 10.1. The Morgan fingerprint density at radius 3 is 1.94 bits per heavy atom. The van der Waals surface area contributed by atoms with Crippen molar-refractivity contribution < 1.29 is 0 Å². The van der Waals surface area contributed by atoms with Gasteiger partial charge in [0, 0.05) is 42.0 Å². The SMILES string of the molecule is c1ccc2c(c1)Sc1ccccc1N2c1ccc(-n2c3ccccc3c3c4ccsc4ccc32)cc1. The van der Waals surface area contributed by atoms with Crippen LogP contribution in [0.1, 0.15) is 0 Å². The zero-order valence-electron chi connectivity index (χ0n) is 19.3. The molecule has 3 heterocycles. The number of benzene rings is 5. The second kappa shape index (κ2) is 7.76. The third kappa shape index (κ3) is 2.86. The number of anilines is 3. The Balaban J connectivity index is 1.33. The minimum Gasteiger partial charge on any atom is -0.309 e. The highest BCUT2D eigenvalue weighted by Gasteiger charge is 2.24. The summed E-state index contributed by atoms with van der Waals surface area (Å²) in [6, 6.07) is 41.9. The maximum Gasteiger partial charge on any atom is 0.0601 e. The molecular formula is C32H20N2S2. The zero-order valence-corrected chi connectivity index (χ0v) is 20.9. The second-order valence-corrected chi connectivity index (χ2v) is 11.1. The normalized spacial score (nSPS) is 12.8. The van der Waals surface area contributed by atoms with Crippen LogP contribution in [0.25, 0.3) is 37.6 Å². The van der Waals surface area contributed by atoms with E-state index in [1.165, 1.54) is 64.4 Å². The van der Waals surface area contributed by atoms with Crippen LogP contribution in [0.5, 0.6) is 0 Å². The van der Waals surface area contributed by atoms with Crippen molar-refractivity contribution in [2.45, 2.75) is 9.79 Å². The largest absolute Gasteiger partial charge is 0.309 e. The van der Waals surface area contributed by atoms with Crippen LogP contribution in [0.3, 0.4) is 0 Å². The maximum atomic E-state index is 2.40. The van der Waals surface area contributed by atoms with E-state index < -0.39 is 0 Å². The zero-order chi connectivity index (χ0) is 23.6. The first kappa shape index (κ1) is 20.2. The molecule has 0 amide bonds. The molecule has 5 aromatic carbocycles. The van der Waals surface area contributed by atoms with Crippen molar-refractivity contribution in [3.05, 3.63) is 121 Å². The van der Waals surface area contributed by atoms with Crippen molar-refractivity contribution in [2.75, 3.05) is 4.90 Å². The van der Waals surface area contributed by atoms with Gasteiger partial charge < -0.3 is 9.47 Å². The topological polar surface area (TPSA) is 8.17 Å². The van der Waals surface area contributed by atoms with E-state index in [0.29, 0.717) is 0 Å². The monoisotopic (exact) mass is 496 g/mol. The molecule has 1 aliphatic heterocycles. The summed E-state index contributed by atoms with van der Waals surface area (Å²) in [5.74, 6) is 0. The minimum absolute atomic E-state index is 1.17. The number of fused-ring (bicyclic) bond motifs is 7. The van der Waals surface area contributed by atoms with E-state index in [1.807, 2.05) is 11.8 Å². The van der Waals surface area contributed by atoms with E-state index >= 15 is 0 Å². The number of para-hydroxylation sites is 3. The molecule has 0 saturated heterocycles. The lowest BCUT2D eigenvalue weighted by Crippen LogP contribution is -2.14. The standard InChI is InChI=1S/C32H20N2S2/c1-2-8-25-23(7-1)32-24-19-20-35-29(24)18-17-28(32)33(25)21-13-15-22(16-14-21)34-26-9-3-5-11-30(26)36-31-12-6-4-10-27(31)34/h1-20H. The van der Waals surface area contributed by atoms with E-state index in [-0.39, 0.29) is 0 Å². The molecule has 0 bridgehead atoms. The van der Waals surface area contributed by atoms with Crippen LogP contribution < -0.4 is 4.90 Å². The number of nitrogens with zero attached hydrogens (tertiary/aromatic N) is 2. The summed E-state index contributed by atoms with van der Waals surface area (Å²) in [6.45, 7) is 0. The van der Waals surface area contributed by atoms with E-state index in [1.54, 1.807) is 11.3 Å². The summed E-state index contributed by atoms with van der Waals surface area (Å²) in [6.07, 6.45) is 0. The van der Waals surface area contributed by atoms with Crippen LogP contribution in [-0.4, -0.2) is 4.57 Å². The summed E-state index contributed by atoms with van der Waals surface area (Å²) < 4.78 is 3.74. The van der Waals surface area contributed by atoms with Gasteiger partial charge in [-0.2, -0.15) is 0 Å². The molecule has 8 rings (SSSR count). The van der Waals surface area contributed by atoms with E-state index in [4.69, 9.17) is 0 Å². The number of rotatable bonds is 2. The number of hydrogen-bond donors (Lipinski definition) is 0. The van der Waals surface area contributed by atoms with Gasteiger partial charge in [-0.15, -0.1) is 11.3 Å². The molecule has 0 unspecified atom stereocenters. The highest BCUT2D eigenvalue weighted by Crippen LogP contribution is 2.51. The van der Waals surface area contributed by atoms with E-state index in [0.717, 1.165) is 0 Å².